The number of hydrogen-bond acceptors (Lipinski definition) is 2. The summed E-state index contributed by atoms with van der Waals surface area (Å²) in [7, 11) is 1.87. The Morgan fingerprint density at radius 2 is 1.81 bits per heavy atom. The lowest BCUT2D eigenvalue weighted by Gasteiger charge is -2.20. The summed E-state index contributed by atoms with van der Waals surface area (Å²) in [5, 5.41) is 8.68. The monoisotopic (exact) mass is 283 g/mol. The normalized spacial score (nSPS) is 9.86. The van der Waals surface area contributed by atoms with Crippen LogP contribution in [0.2, 0.25) is 0 Å². The lowest BCUT2D eigenvalue weighted by molar-refractivity contribution is 0.305. The lowest BCUT2D eigenvalue weighted by Crippen LogP contribution is -2.17. The first-order valence-electron chi connectivity index (χ1n) is 6.85. The maximum Gasteiger partial charge on any atom is 0.146 e. The van der Waals surface area contributed by atoms with Crippen molar-refractivity contribution < 1.29 is 9.50 Å². The number of benzene rings is 2. The number of halogens is 1. The van der Waals surface area contributed by atoms with Gasteiger partial charge < -0.3 is 10.0 Å². The molecule has 0 fully saturated rings. The molecule has 21 heavy (non-hydrogen) atoms. The van der Waals surface area contributed by atoms with Gasteiger partial charge in [-0.3, -0.25) is 0 Å². The maximum absolute atomic E-state index is 13.7. The van der Waals surface area contributed by atoms with Crippen molar-refractivity contribution in [3.05, 3.63) is 65.5 Å². The van der Waals surface area contributed by atoms with Crippen LogP contribution >= 0.6 is 0 Å². The minimum Gasteiger partial charge on any atom is -0.395 e. The topological polar surface area (TPSA) is 23.5 Å². The summed E-state index contributed by atoms with van der Waals surface area (Å²) in [6.07, 6.45) is 0.484. The van der Waals surface area contributed by atoms with Gasteiger partial charge in [-0.15, -0.1) is 0 Å². The molecular formula is C18H18FNO. The largest absolute Gasteiger partial charge is 0.395 e. The van der Waals surface area contributed by atoms with Crippen molar-refractivity contribution >= 4 is 5.69 Å². The summed E-state index contributed by atoms with van der Waals surface area (Å²) in [4.78, 5) is 1.88. The first kappa shape index (κ1) is 15.1. The Bertz CT molecular complexity index is 640. The minimum absolute atomic E-state index is 0.0819. The molecule has 2 aromatic rings. The molecule has 0 aliphatic rings. The van der Waals surface area contributed by atoms with E-state index in [-0.39, 0.29) is 12.4 Å². The van der Waals surface area contributed by atoms with Gasteiger partial charge in [-0.1, -0.05) is 36.1 Å². The number of aliphatic hydroxyl groups excluding tert-OH is 1. The average molecular weight is 283 g/mol. The van der Waals surface area contributed by atoms with E-state index in [1.54, 1.807) is 12.1 Å². The van der Waals surface area contributed by atoms with Crippen LogP contribution in [-0.2, 0) is 6.54 Å². The van der Waals surface area contributed by atoms with Gasteiger partial charge in [0.15, 0.2) is 0 Å². The number of nitrogens with zero attached hydrogens (tertiary/aromatic N) is 1. The first-order chi connectivity index (χ1) is 10.2. The van der Waals surface area contributed by atoms with Gasteiger partial charge in [0, 0.05) is 25.6 Å². The number of rotatable bonds is 4. The molecule has 2 aromatic carbocycles. The highest BCUT2D eigenvalue weighted by Gasteiger charge is 2.06. The summed E-state index contributed by atoms with van der Waals surface area (Å²) < 4.78 is 13.7. The Hall–Kier alpha value is -2.31. The summed E-state index contributed by atoms with van der Waals surface area (Å²) in [5.74, 6) is 5.65. The molecule has 0 spiro atoms. The van der Waals surface area contributed by atoms with E-state index in [4.69, 9.17) is 5.11 Å². The van der Waals surface area contributed by atoms with Crippen LogP contribution < -0.4 is 4.90 Å². The molecule has 0 atom stereocenters. The van der Waals surface area contributed by atoms with Crippen molar-refractivity contribution in [2.75, 3.05) is 18.6 Å². The molecule has 0 aliphatic heterocycles. The van der Waals surface area contributed by atoms with Gasteiger partial charge in [0.05, 0.1) is 12.3 Å². The van der Waals surface area contributed by atoms with Crippen LogP contribution in [0, 0.1) is 17.7 Å². The smallest absolute Gasteiger partial charge is 0.146 e. The molecule has 3 heteroatoms. The molecule has 0 heterocycles. The Kier molecular flexibility index (Phi) is 5.36. The number of anilines is 1. The van der Waals surface area contributed by atoms with E-state index in [1.807, 2.05) is 42.3 Å². The van der Waals surface area contributed by atoms with Crippen LogP contribution in [0.15, 0.2) is 48.5 Å². The van der Waals surface area contributed by atoms with E-state index in [9.17, 15) is 4.39 Å². The lowest BCUT2D eigenvalue weighted by atomic mass is 10.1. The highest BCUT2D eigenvalue weighted by Crippen LogP contribution is 2.19. The van der Waals surface area contributed by atoms with Crippen LogP contribution in [0.25, 0.3) is 0 Å². The predicted octanol–water partition coefficient (Wildman–Crippen LogP) is 3.20. The standard InChI is InChI=1S/C18H18FNO/c1-20(18-8-3-2-7-17(18)19)14-16-11-9-15(10-12-16)6-4-5-13-21/h2-3,7-12,21H,5,13-14H2,1H3. The zero-order valence-electron chi connectivity index (χ0n) is 12.0. The van der Waals surface area contributed by atoms with Gasteiger partial charge in [-0.2, -0.15) is 0 Å². The fourth-order valence-electron chi connectivity index (χ4n) is 2.03. The summed E-state index contributed by atoms with van der Waals surface area (Å²) in [5.41, 5.74) is 2.60. The molecule has 2 nitrogen and oxygen atoms in total. The Labute approximate surface area is 124 Å². The Balaban J connectivity index is 2.04. The quantitative estimate of drug-likeness (QED) is 0.871. The zero-order chi connectivity index (χ0) is 15.1. The molecule has 0 bridgehead atoms. The number of aliphatic hydroxyl groups is 1. The number of hydrogen-bond donors (Lipinski definition) is 1. The molecular weight excluding hydrogens is 265 g/mol. The van der Waals surface area contributed by atoms with Crippen LogP contribution in [0.5, 0.6) is 0 Å². The second kappa shape index (κ2) is 7.47. The predicted molar refractivity (Wildman–Crippen MR) is 83.5 cm³/mol. The highest BCUT2D eigenvalue weighted by molar-refractivity contribution is 5.47. The minimum atomic E-state index is -0.216. The van der Waals surface area contributed by atoms with Gasteiger partial charge in [0.1, 0.15) is 5.82 Å². The number of para-hydroxylation sites is 1. The Morgan fingerprint density at radius 3 is 2.48 bits per heavy atom. The molecule has 0 aromatic heterocycles. The van der Waals surface area contributed by atoms with Crippen LogP contribution in [0.1, 0.15) is 17.5 Å². The summed E-state index contributed by atoms with van der Waals surface area (Å²) >= 11 is 0. The molecule has 2 rings (SSSR count). The van der Waals surface area contributed by atoms with Gasteiger partial charge >= 0.3 is 0 Å². The molecule has 108 valence electrons. The van der Waals surface area contributed by atoms with E-state index < -0.39 is 0 Å². The van der Waals surface area contributed by atoms with E-state index in [2.05, 4.69) is 11.8 Å². The molecule has 0 amide bonds. The molecule has 0 saturated carbocycles. The van der Waals surface area contributed by atoms with Crippen molar-refractivity contribution in [2.24, 2.45) is 0 Å². The second-order valence-corrected chi connectivity index (χ2v) is 4.78. The fourth-order valence-corrected chi connectivity index (χ4v) is 2.03. The Morgan fingerprint density at radius 1 is 1.10 bits per heavy atom. The molecule has 0 radical (unpaired) electrons. The third kappa shape index (κ3) is 4.34. The van der Waals surface area contributed by atoms with Gasteiger partial charge in [0.2, 0.25) is 0 Å². The molecule has 1 N–H and O–H groups in total. The van der Waals surface area contributed by atoms with Crippen molar-refractivity contribution in [3.63, 3.8) is 0 Å². The van der Waals surface area contributed by atoms with Gasteiger partial charge in [0.25, 0.3) is 0 Å². The van der Waals surface area contributed by atoms with E-state index in [1.165, 1.54) is 6.07 Å². The molecule has 0 aliphatic carbocycles. The van der Waals surface area contributed by atoms with E-state index in [0.29, 0.717) is 18.7 Å². The maximum atomic E-state index is 13.7. The second-order valence-electron chi connectivity index (χ2n) is 4.78. The van der Waals surface area contributed by atoms with Gasteiger partial charge in [-0.05, 0) is 29.8 Å². The van der Waals surface area contributed by atoms with Gasteiger partial charge in [-0.25, -0.2) is 4.39 Å². The third-order valence-corrected chi connectivity index (χ3v) is 3.11. The first-order valence-corrected chi connectivity index (χ1v) is 6.85. The molecule has 0 saturated heterocycles. The zero-order valence-corrected chi connectivity index (χ0v) is 12.0. The van der Waals surface area contributed by atoms with E-state index >= 15 is 0 Å². The molecule has 0 unspecified atom stereocenters. The van der Waals surface area contributed by atoms with E-state index in [0.717, 1.165) is 11.1 Å². The van der Waals surface area contributed by atoms with Crippen molar-refractivity contribution in [3.8, 4) is 11.8 Å². The van der Waals surface area contributed by atoms with Crippen molar-refractivity contribution in [1.29, 1.82) is 0 Å². The average Bonchev–Trinajstić information content (AvgIpc) is 2.49. The summed E-state index contributed by atoms with van der Waals surface area (Å²) in [6.45, 7) is 0.712. The van der Waals surface area contributed by atoms with Crippen molar-refractivity contribution in [2.45, 2.75) is 13.0 Å². The third-order valence-electron chi connectivity index (χ3n) is 3.11. The summed E-state index contributed by atoms with van der Waals surface area (Å²) in [6, 6.07) is 14.6. The van der Waals surface area contributed by atoms with Crippen LogP contribution in [-0.4, -0.2) is 18.8 Å². The van der Waals surface area contributed by atoms with Crippen molar-refractivity contribution in [1.82, 2.24) is 0 Å². The van der Waals surface area contributed by atoms with Crippen LogP contribution in [0.3, 0.4) is 0 Å². The highest BCUT2D eigenvalue weighted by atomic mass is 19.1. The fraction of sp³-hybridized carbons (Fsp3) is 0.222. The SMILES string of the molecule is CN(Cc1ccc(C#CCCO)cc1)c1ccccc1F. The van der Waals surface area contributed by atoms with Crippen LogP contribution in [0.4, 0.5) is 10.1 Å².